The highest BCUT2D eigenvalue weighted by Crippen LogP contribution is 2.41. The summed E-state index contributed by atoms with van der Waals surface area (Å²) >= 11 is 1.22. The zero-order valence-electron chi connectivity index (χ0n) is 18.4. The maximum Gasteiger partial charge on any atom is 0.272 e. The third kappa shape index (κ3) is 4.45. The number of hydrogen-bond donors (Lipinski definition) is 0. The maximum atomic E-state index is 13.5. The van der Waals surface area contributed by atoms with Crippen molar-refractivity contribution in [3.05, 3.63) is 105 Å². The Morgan fingerprint density at radius 3 is 1.97 bits per heavy atom. The lowest BCUT2D eigenvalue weighted by atomic mass is 9.87. The summed E-state index contributed by atoms with van der Waals surface area (Å²) in [6, 6.07) is 22.4. The predicted octanol–water partition coefficient (Wildman–Crippen LogP) is 5.97. The van der Waals surface area contributed by atoms with Crippen LogP contribution >= 0.6 is 11.8 Å². The molecule has 7 heteroatoms. The summed E-state index contributed by atoms with van der Waals surface area (Å²) in [5.74, 6) is -0.860. The topological polar surface area (TPSA) is 80.5 Å². The molecule has 0 saturated carbocycles. The third-order valence-electron chi connectivity index (χ3n) is 5.36. The van der Waals surface area contributed by atoms with E-state index in [0.29, 0.717) is 16.2 Å². The minimum absolute atomic E-state index is 0.0615. The first kappa shape index (κ1) is 22.5. The van der Waals surface area contributed by atoms with Gasteiger partial charge in [-0.1, -0.05) is 62.9 Å². The number of non-ortho nitro benzene ring substituents is 1. The number of rotatable bonds is 5. The van der Waals surface area contributed by atoms with Crippen LogP contribution in [-0.4, -0.2) is 16.7 Å². The van der Waals surface area contributed by atoms with E-state index in [9.17, 15) is 19.7 Å². The molecule has 0 aliphatic carbocycles. The lowest BCUT2D eigenvalue weighted by Gasteiger charge is -2.21. The van der Waals surface area contributed by atoms with Gasteiger partial charge in [-0.05, 0) is 52.9 Å². The molecule has 1 aliphatic rings. The molecule has 0 fully saturated rings. The van der Waals surface area contributed by atoms with Crippen LogP contribution in [0.1, 0.15) is 31.9 Å². The van der Waals surface area contributed by atoms with Gasteiger partial charge < -0.3 is 0 Å². The highest BCUT2D eigenvalue weighted by atomic mass is 32.2. The van der Waals surface area contributed by atoms with Gasteiger partial charge in [-0.3, -0.25) is 19.7 Å². The molecule has 6 nitrogen and oxygen atoms in total. The van der Waals surface area contributed by atoms with Crippen LogP contribution in [0, 0.1) is 10.1 Å². The first-order chi connectivity index (χ1) is 15.7. The number of imide groups is 1. The minimum atomic E-state index is -0.498. The summed E-state index contributed by atoms with van der Waals surface area (Å²) in [5, 5.41) is 11.1. The van der Waals surface area contributed by atoms with Crippen molar-refractivity contribution in [1.29, 1.82) is 0 Å². The van der Waals surface area contributed by atoms with Crippen molar-refractivity contribution in [2.24, 2.45) is 0 Å². The van der Waals surface area contributed by atoms with Gasteiger partial charge in [0.25, 0.3) is 17.5 Å². The number of carbonyl (C=O) groups is 2. The summed E-state index contributed by atoms with van der Waals surface area (Å²) < 4.78 is 0. The molecule has 3 aromatic rings. The molecule has 0 aromatic heterocycles. The smallest absolute Gasteiger partial charge is 0.268 e. The van der Waals surface area contributed by atoms with E-state index in [1.54, 1.807) is 12.1 Å². The highest BCUT2D eigenvalue weighted by molar-refractivity contribution is 8.04. The van der Waals surface area contributed by atoms with Crippen LogP contribution in [-0.2, 0) is 15.0 Å². The maximum absolute atomic E-state index is 13.5. The molecule has 4 rings (SSSR count). The van der Waals surface area contributed by atoms with Gasteiger partial charge in [-0.15, -0.1) is 0 Å². The fourth-order valence-electron chi connectivity index (χ4n) is 3.56. The number of nitrogens with zero attached hydrogens (tertiary/aromatic N) is 2. The van der Waals surface area contributed by atoms with Gasteiger partial charge >= 0.3 is 0 Å². The van der Waals surface area contributed by atoms with E-state index in [2.05, 4.69) is 20.8 Å². The minimum Gasteiger partial charge on any atom is -0.268 e. The van der Waals surface area contributed by atoms with Crippen LogP contribution in [0.2, 0.25) is 0 Å². The van der Waals surface area contributed by atoms with Crippen molar-refractivity contribution in [1.82, 2.24) is 0 Å². The molecule has 2 amide bonds. The van der Waals surface area contributed by atoms with Crippen molar-refractivity contribution in [2.45, 2.75) is 31.1 Å². The monoisotopic (exact) mass is 458 g/mol. The molecule has 0 unspecified atom stereocenters. The van der Waals surface area contributed by atoms with Crippen LogP contribution in [0.25, 0.3) is 5.57 Å². The average molecular weight is 459 g/mol. The van der Waals surface area contributed by atoms with Crippen molar-refractivity contribution < 1.29 is 14.5 Å². The molecule has 166 valence electrons. The van der Waals surface area contributed by atoms with Gasteiger partial charge in [0.05, 0.1) is 21.1 Å². The normalized spacial score (nSPS) is 14.2. The van der Waals surface area contributed by atoms with E-state index in [4.69, 9.17) is 0 Å². The number of thioether (sulfide) groups is 1. The van der Waals surface area contributed by atoms with Gasteiger partial charge in [0.15, 0.2) is 0 Å². The molecular formula is C26H22N2O4S. The van der Waals surface area contributed by atoms with E-state index >= 15 is 0 Å². The summed E-state index contributed by atoms with van der Waals surface area (Å²) in [7, 11) is 0. The average Bonchev–Trinajstić information content (AvgIpc) is 3.03. The van der Waals surface area contributed by atoms with Crippen molar-refractivity contribution in [2.75, 3.05) is 4.90 Å². The predicted molar refractivity (Wildman–Crippen MR) is 130 cm³/mol. The summed E-state index contributed by atoms with van der Waals surface area (Å²) in [6.07, 6.45) is 0. The van der Waals surface area contributed by atoms with Gasteiger partial charge in [0.1, 0.15) is 0 Å². The Hall–Kier alpha value is -3.71. The van der Waals surface area contributed by atoms with Gasteiger partial charge in [0, 0.05) is 17.0 Å². The van der Waals surface area contributed by atoms with Crippen molar-refractivity contribution in [3.63, 3.8) is 0 Å². The first-order valence-corrected chi connectivity index (χ1v) is 11.2. The zero-order chi connectivity index (χ0) is 23.8. The van der Waals surface area contributed by atoms with Crippen molar-refractivity contribution in [3.8, 4) is 0 Å². The summed E-state index contributed by atoms with van der Waals surface area (Å²) in [4.78, 5) is 39.8. The molecule has 0 atom stereocenters. The Labute approximate surface area is 196 Å². The van der Waals surface area contributed by atoms with Gasteiger partial charge in [-0.25, -0.2) is 4.90 Å². The molecule has 3 aromatic carbocycles. The number of nitro groups is 1. The van der Waals surface area contributed by atoms with Crippen LogP contribution in [0.5, 0.6) is 0 Å². The standard InChI is InChI=1S/C26H22N2O4S/c1-26(2,3)18-11-15-19(16-12-18)27-24(29)22(17-9-13-20(14-10-17)28(31)32)23(25(27)30)33-21-7-5-4-6-8-21/h4-16H,1-3H3. The zero-order valence-corrected chi connectivity index (χ0v) is 19.3. The number of hydrogen-bond acceptors (Lipinski definition) is 5. The Morgan fingerprint density at radius 2 is 1.42 bits per heavy atom. The Bertz CT molecular complexity index is 1260. The number of amides is 2. The molecule has 0 N–H and O–H groups in total. The van der Waals surface area contributed by atoms with E-state index in [1.165, 1.54) is 40.9 Å². The van der Waals surface area contributed by atoms with Crippen LogP contribution in [0.3, 0.4) is 0 Å². The molecule has 0 spiro atoms. The van der Waals surface area contributed by atoms with Gasteiger partial charge in [0.2, 0.25) is 0 Å². The second kappa shape index (κ2) is 8.67. The Kier molecular flexibility index (Phi) is 5.91. The summed E-state index contributed by atoms with van der Waals surface area (Å²) in [6.45, 7) is 6.28. The van der Waals surface area contributed by atoms with Crippen molar-refractivity contribution >= 4 is 40.5 Å². The van der Waals surface area contributed by atoms with E-state index < -0.39 is 16.7 Å². The molecule has 0 saturated heterocycles. The second-order valence-corrected chi connectivity index (χ2v) is 9.75. The van der Waals surface area contributed by atoms with E-state index in [0.717, 1.165) is 10.5 Å². The highest BCUT2D eigenvalue weighted by Gasteiger charge is 2.40. The second-order valence-electron chi connectivity index (χ2n) is 8.67. The molecule has 0 bridgehead atoms. The lowest BCUT2D eigenvalue weighted by Crippen LogP contribution is -2.31. The quantitative estimate of drug-likeness (QED) is 0.267. The number of anilines is 1. The molecule has 33 heavy (non-hydrogen) atoms. The third-order valence-corrected chi connectivity index (χ3v) is 6.45. The Balaban J connectivity index is 1.77. The number of carbonyl (C=O) groups excluding carboxylic acids is 2. The largest absolute Gasteiger partial charge is 0.272 e. The Morgan fingerprint density at radius 1 is 0.818 bits per heavy atom. The van der Waals surface area contributed by atoms with E-state index in [1.807, 2.05) is 42.5 Å². The van der Waals surface area contributed by atoms with Crippen LogP contribution in [0.15, 0.2) is 88.7 Å². The lowest BCUT2D eigenvalue weighted by molar-refractivity contribution is -0.384. The fourth-order valence-corrected chi connectivity index (χ4v) is 4.57. The van der Waals surface area contributed by atoms with Crippen LogP contribution in [0.4, 0.5) is 11.4 Å². The SMILES string of the molecule is CC(C)(C)c1ccc(N2C(=O)C(Sc3ccccc3)=C(c3ccc([N+](=O)[O-])cc3)C2=O)cc1. The fraction of sp³-hybridized carbons (Fsp3) is 0.154. The first-order valence-electron chi connectivity index (χ1n) is 10.4. The number of nitro benzene ring substituents is 1. The summed E-state index contributed by atoms with van der Waals surface area (Å²) in [5.41, 5.74) is 2.14. The van der Waals surface area contributed by atoms with Gasteiger partial charge in [-0.2, -0.15) is 0 Å². The molecule has 0 radical (unpaired) electrons. The molecular weight excluding hydrogens is 436 g/mol. The number of benzene rings is 3. The molecule has 1 aliphatic heterocycles. The molecule has 1 heterocycles. The van der Waals surface area contributed by atoms with Crippen LogP contribution < -0.4 is 4.90 Å². The van der Waals surface area contributed by atoms with E-state index in [-0.39, 0.29) is 16.7 Å².